The Morgan fingerprint density at radius 3 is 2.14 bits per heavy atom. The van der Waals surface area contributed by atoms with Crippen LogP contribution >= 0.6 is 0 Å². The number of nitrogens with two attached hydrogens (primary N) is 3. The van der Waals surface area contributed by atoms with Crippen LogP contribution in [-0.4, -0.2) is 37.5 Å². The number of ether oxygens (including phenoxy) is 1. The molecule has 1 aromatic rings. The molecule has 0 aliphatic heterocycles. The van der Waals surface area contributed by atoms with E-state index in [2.05, 4.69) is 0 Å². The maximum Gasteiger partial charge on any atom is 0.338 e. The van der Waals surface area contributed by atoms with Crippen LogP contribution in [0.25, 0.3) is 0 Å². The van der Waals surface area contributed by atoms with Gasteiger partial charge in [-0.05, 0) is 25.1 Å². The molecule has 0 saturated heterocycles. The second-order valence-corrected chi connectivity index (χ2v) is 4.28. The summed E-state index contributed by atoms with van der Waals surface area (Å²) in [5, 5.41) is 0. The molecule has 0 radical (unpaired) electrons. The quantitative estimate of drug-likeness (QED) is 0.445. The highest BCUT2D eigenvalue weighted by atomic mass is 16.5. The van der Waals surface area contributed by atoms with Crippen molar-refractivity contribution >= 4 is 29.2 Å². The molecule has 1 aromatic carbocycles. The van der Waals surface area contributed by atoms with Crippen molar-refractivity contribution in [3.05, 3.63) is 23.8 Å². The Morgan fingerprint density at radius 2 is 1.71 bits per heavy atom. The van der Waals surface area contributed by atoms with E-state index in [0.29, 0.717) is 5.69 Å². The van der Waals surface area contributed by atoms with Crippen LogP contribution in [0, 0.1) is 0 Å². The Kier molecular flexibility index (Phi) is 5.53. The van der Waals surface area contributed by atoms with Gasteiger partial charge < -0.3 is 26.8 Å². The number of anilines is 2. The molecule has 0 aliphatic carbocycles. The third-order valence-electron chi connectivity index (χ3n) is 2.57. The molecule has 114 valence electrons. The van der Waals surface area contributed by atoms with Gasteiger partial charge in [-0.1, -0.05) is 0 Å². The number of carbonyl (C=O) groups excluding carboxylic acids is 3. The fourth-order valence-corrected chi connectivity index (χ4v) is 1.79. The zero-order valence-electron chi connectivity index (χ0n) is 11.7. The number of rotatable bonds is 7. The smallest absolute Gasteiger partial charge is 0.338 e. The van der Waals surface area contributed by atoms with E-state index in [0.717, 1.165) is 0 Å². The third kappa shape index (κ3) is 4.68. The second-order valence-electron chi connectivity index (χ2n) is 4.28. The van der Waals surface area contributed by atoms with Gasteiger partial charge in [0.1, 0.15) is 0 Å². The van der Waals surface area contributed by atoms with Crippen molar-refractivity contribution in [2.24, 2.45) is 11.5 Å². The fourth-order valence-electron chi connectivity index (χ4n) is 1.79. The summed E-state index contributed by atoms with van der Waals surface area (Å²) in [5.74, 6) is -1.78. The topological polar surface area (TPSA) is 142 Å². The lowest BCUT2D eigenvalue weighted by Gasteiger charge is -2.23. The average Bonchev–Trinajstić information content (AvgIpc) is 2.36. The summed E-state index contributed by atoms with van der Waals surface area (Å²) in [4.78, 5) is 35.0. The maximum atomic E-state index is 11.6. The number of nitrogens with zero attached hydrogens (tertiary/aromatic N) is 1. The highest BCUT2D eigenvalue weighted by Gasteiger charge is 2.16. The van der Waals surface area contributed by atoms with Crippen LogP contribution in [0.1, 0.15) is 17.3 Å². The van der Waals surface area contributed by atoms with Gasteiger partial charge in [0.05, 0.1) is 36.6 Å². The van der Waals surface area contributed by atoms with Crippen molar-refractivity contribution in [1.29, 1.82) is 0 Å². The van der Waals surface area contributed by atoms with Crippen LogP contribution in [0.3, 0.4) is 0 Å². The molecule has 0 aromatic heterocycles. The summed E-state index contributed by atoms with van der Waals surface area (Å²) in [5.41, 5.74) is 17.0. The van der Waals surface area contributed by atoms with Crippen LogP contribution < -0.4 is 22.1 Å². The van der Waals surface area contributed by atoms with Gasteiger partial charge >= 0.3 is 5.97 Å². The van der Waals surface area contributed by atoms with Gasteiger partial charge in [-0.25, -0.2) is 4.79 Å². The number of esters is 1. The molecule has 6 N–H and O–H groups in total. The number of nitrogen functional groups attached to an aromatic ring is 1. The van der Waals surface area contributed by atoms with Crippen LogP contribution in [0.15, 0.2) is 18.2 Å². The molecule has 0 aliphatic rings. The normalized spacial score (nSPS) is 9.95. The molecular formula is C13H18N4O4. The van der Waals surface area contributed by atoms with E-state index in [9.17, 15) is 14.4 Å². The van der Waals surface area contributed by atoms with E-state index in [1.165, 1.54) is 23.1 Å². The van der Waals surface area contributed by atoms with Crippen molar-refractivity contribution in [2.75, 3.05) is 30.3 Å². The number of benzene rings is 1. The Morgan fingerprint density at radius 1 is 1.14 bits per heavy atom. The van der Waals surface area contributed by atoms with Crippen molar-refractivity contribution in [3.8, 4) is 0 Å². The van der Waals surface area contributed by atoms with Crippen LogP contribution in [0.5, 0.6) is 0 Å². The molecule has 21 heavy (non-hydrogen) atoms. The van der Waals surface area contributed by atoms with Crippen molar-refractivity contribution < 1.29 is 19.1 Å². The maximum absolute atomic E-state index is 11.6. The summed E-state index contributed by atoms with van der Waals surface area (Å²) < 4.78 is 4.86. The molecule has 0 bridgehead atoms. The number of primary amides is 2. The SMILES string of the molecule is CCOC(=O)c1ccc(N(CC(N)=O)CC(N)=O)c(N)c1. The minimum atomic E-state index is -0.634. The minimum Gasteiger partial charge on any atom is -0.462 e. The van der Waals surface area contributed by atoms with Crippen LogP contribution in [0.4, 0.5) is 11.4 Å². The first kappa shape index (κ1) is 16.3. The number of hydrogen-bond acceptors (Lipinski definition) is 6. The molecule has 0 atom stereocenters. The van der Waals surface area contributed by atoms with Gasteiger partial charge in [0.2, 0.25) is 11.8 Å². The van der Waals surface area contributed by atoms with E-state index < -0.39 is 17.8 Å². The first-order chi connectivity index (χ1) is 9.85. The Balaban J connectivity index is 3.06. The summed E-state index contributed by atoms with van der Waals surface area (Å²) in [6.45, 7) is 1.50. The highest BCUT2D eigenvalue weighted by molar-refractivity contribution is 5.93. The van der Waals surface area contributed by atoms with Crippen molar-refractivity contribution in [1.82, 2.24) is 0 Å². The van der Waals surface area contributed by atoms with Gasteiger partial charge in [0.25, 0.3) is 0 Å². The first-order valence-corrected chi connectivity index (χ1v) is 6.23. The Bertz CT molecular complexity index is 543. The Hall–Kier alpha value is -2.77. The standard InChI is InChI=1S/C13H18N4O4/c1-2-21-13(20)8-3-4-10(9(14)5-8)17(6-11(15)18)7-12(16)19/h3-5H,2,6-7,14H2,1H3,(H2,15,18)(H2,16,19). The molecule has 8 heteroatoms. The van der Waals surface area contributed by atoms with Gasteiger partial charge in [-0.3, -0.25) is 9.59 Å². The molecular weight excluding hydrogens is 276 g/mol. The molecule has 2 amide bonds. The predicted octanol–water partition coefficient (Wildman–Crippen LogP) is -0.777. The predicted molar refractivity (Wildman–Crippen MR) is 77.4 cm³/mol. The molecule has 0 heterocycles. The highest BCUT2D eigenvalue weighted by Crippen LogP contribution is 2.24. The zero-order chi connectivity index (χ0) is 16.0. The average molecular weight is 294 g/mol. The summed E-state index contributed by atoms with van der Waals surface area (Å²) in [7, 11) is 0. The number of hydrogen-bond donors (Lipinski definition) is 3. The van der Waals surface area contributed by atoms with E-state index in [1.807, 2.05) is 0 Å². The zero-order valence-corrected chi connectivity index (χ0v) is 11.7. The first-order valence-electron chi connectivity index (χ1n) is 6.23. The lowest BCUT2D eigenvalue weighted by atomic mass is 10.1. The molecule has 0 fully saturated rings. The van der Waals surface area contributed by atoms with E-state index >= 15 is 0 Å². The minimum absolute atomic E-state index is 0.211. The monoisotopic (exact) mass is 294 g/mol. The van der Waals surface area contributed by atoms with Gasteiger partial charge in [0, 0.05) is 0 Å². The molecule has 1 rings (SSSR count). The number of amides is 2. The third-order valence-corrected chi connectivity index (χ3v) is 2.57. The lowest BCUT2D eigenvalue weighted by molar-refractivity contribution is -0.117. The van der Waals surface area contributed by atoms with Crippen molar-refractivity contribution in [3.63, 3.8) is 0 Å². The van der Waals surface area contributed by atoms with Gasteiger partial charge in [0.15, 0.2) is 0 Å². The van der Waals surface area contributed by atoms with E-state index in [-0.39, 0.29) is 30.9 Å². The Labute approximate surface area is 121 Å². The van der Waals surface area contributed by atoms with Crippen LogP contribution in [-0.2, 0) is 14.3 Å². The fraction of sp³-hybridized carbons (Fsp3) is 0.308. The van der Waals surface area contributed by atoms with Crippen molar-refractivity contribution in [2.45, 2.75) is 6.92 Å². The lowest BCUT2D eigenvalue weighted by Crippen LogP contribution is -2.40. The van der Waals surface area contributed by atoms with E-state index in [4.69, 9.17) is 21.9 Å². The van der Waals surface area contributed by atoms with E-state index in [1.54, 1.807) is 6.92 Å². The molecule has 0 saturated carbocycles. The van der Waals surface area contributed by atoms with Gasteiger partial charge in [-0.15, -0.1) is 0 Å². The van der Waals surface area contributed by atoms with Crippen LogP contribution in [0.2, 0.25) is 0 Å². The molecule has 0 unspecified atom stereocenters. The summed E-state index contributed by atoms with van der Waals surface area (Å²) >= 11 is 0. The second kappa shape index (κ2) is 7.13. The van der Waals surface area contributed by atoms with Gasteiger partial charge in [-0.2, -0.15) is 0 Å². The molecule has 0 spiro atoms. The largest absolute Gasteiger partial charge is 0.462 e. The summed E-state index contributed by atoms with van der Waals surface area (Å²) in [6, 6.07) is 4.40. The molecule has 8 nitrogen and oxygen atoms in total. The number of carbonyl (C=O) groups is 3. The summed E-state index contributed by atoms with van der Waals surface area (Å²) in [6.07, 6.45) is 0.